The van der Waals surface area contributed by atoms with Crippen molar-refractivity contribution >= 4 is 23.5 Å². The third-order valence-corrected chi connectivity index (χ3v) is 3.83. The first-order valence-electron chi connectivity index (χ1n) is 7.05. The minimum Gasteiger partial charge on any atom is -0.482 e. The van der Waals surface area contributed by atoms with Crippen LogP contribution in [0.4, 0.5) is 0 Å². The quantitative estimate of drug-likeness (QED) is 0.831. The molecule has 0 spiro atoms. The second-order valence-electron chi connectivity index (χ2n) is 5.05. The summed E-state index contributed by atoms with van der Waals surface area (Å²) in [6.07, 6.45) is 1.23. The first-order valence-corrected chi connectivity index (χ1v) is 7.43. The third kappa shape index (κ3) is 4.61. The number of ether oxygens (including phenoxy) is 2. The normalized spacial score (nSPS) is 16.8. The molecule has 2 rings (SSSR count). The van der Waals surface area contributed by atoms with Gasteiger partial charge in [0.1, 0.15) is 11.8 Å². The molecule has 22 heavy (non-hydrogen) atoms. The van der Waals surface area contributed by atoms with Crippen LogP contribution in [0.25, 0.3) is 0 Å². The molecule has 0 bridgehead atoms. The molecule has 0 saturated carbocycles. The van der Waals surface area contributed by atoms with Crippen LogP contribution in [0.5, 0.6) is 5.75 Å². The van der Waals surface area contributed by atoms with Gasteiger partial charge in [-0.15, -0.1) is 0 Å². The molecule has 1 fully saturated rings. The SMILES string of the molecule is O=C(COc1ccccc1Cl)NC(C(=O)O)C1CCOCC1. The Kier molecular flexibility index (Phi) is 6.03. The van der Waals surface area contributed by atoms with E-state index in [1.807, 2.05) is 0 Å². The Hall–Kier alpha value is -1.79. The van der Waals surface area contributed by atoms with Crippen LogP contribution in [-0.4, -0.2) is 42.8 Å². The summed E-state index contributed by atoms with van der Waals surface area (Å²) in [7, 11) is 0. The molecule has 2 N–H and O–H groups in total. The molecule has 0 radical (unpaired) electrons. The zero-order chi connectivity index (χ0) is 15.9. The van der Waals surface area contributed by atoms with Crippen molar-refractivity contribution in [2.24, 2.45) is 5.92 Å². The number of nitrogens with one attached hydrogen (secondary N) is 1. The third-order valence-electron chi connectivity index (χ3n) is 3.52. The molecular weight excluding hydrogens is 310 g/mol. The largest absolute Gasteiger partial charge is 0.482 e. The minimum absolute atomic E-state index is 0.129. The minimum atomic E-state index is -1.04. The van der Waals surface area contributed by atoms with Crippen molar-refractivity contribution in [1.82, 2.24) is 5.32 Å². The summed E-state index contributed by atoms with van der Waals surface area (Å²) in [6, 6.07) is 5.85. The number of para-hydroxylation sites is 1. The predicted molar refractivity (Wildman–Crippen MR) is 80.1 cm³/mol. The van der Waals surface area contributed by atoms with Crippen molar-refractivity contribution in [3.63, 3.8) is 0 Å². The summed E-state index contributed by atoms with van der Waals surface area (Å²) in [5, 5.41) is 12.2. The number of carboxylic acid groups (broad SMARTS) is 1. The highest BCUT2D eigenvalue weighted by Gasteiger charge is 2.31. The maximum absolute atomic E-state index is 11.9. The van der Waals surface area contributed by atoms with Crippen LogP contribution in [0.3, 0.4) is 0 Å². The molecule has 1 heterocycles. The number of hydrogen-bond donors (Lipinski definition) is 2. The molecule has 120 valence electrons. The molecule has 1 aliphatic heterocycles. The fourth-order valence-electron chi connectivity index (χ4n) is 2.35. The average molecular weight is 328 g/mol. The van der Waals surface area contributed by atoms with Gasteiger partial charge in [-0.25, -0.2) is 4.79 Å². The number of carboxylic acids is 1. The Morgan fingerprint density at radius 3 is 2.68 bits per heavy atom. The molecule has 1 amide bonds. The van der Waals surface area contributed by atoms with Gasteiger partial charge < -0.3 is 19.9 Å². The lowest BCUT2D eigenvalue weighted by Gasteiger charge is -2.28. The van der Waals surface area contributed by atoms with E-state index in [0.717, 1.165) is 0 Å². The van der Waals surface area contributed by atoms with Gasteiger partial charge in [-0.3, -0.25) is 4.79 Å². The average Bonchev–Trinajstić information content (AvgIpc) is 2.52. The molecular formula is C15H18ClNO5. The summed E-state index contributed by atoms with van der Waals surface area (Å²) >= 11 is 5.92. The molecule has 1 aromatic rings. The van der Waals surface area contributed by atoms with Gasteiger partial charge in [0.15, 0.2) is 6.61 Å². The first kappa shape index (κ1) is 16.6. The standard InChI is InChI=1S/C15H18ClNO5/c16-11-3-1-2-4-12(11)22-9-13(18)17-14(15(19)20)10-5-7-21-8-6-10/h1-4,10,14H,5-9H2,(H,17,18)(H,19,20). The highest BCUT2D eigenvalue weighted by molar-refractivity contribution is 6.32. The smallest absolute Gasteiger partial charge is 0.326 e. The van der Waals surface area contributed by atoms with Gasteiger partial charge in [0.25, 0.3) is 5.91 Å². The van der Waals surface area contributed by atoms with Crippen molar-refractivity contribution in [2.45, 2.75) is 18.9 Å². The monoisotopic (exact) mass is 327 g/mol. The molecule has 1 aliphatic rings. The van der Waals surface area contributed by atoms with Crippen LogP contribution in [-0.2, 0) is 14.3 Å². The van der Waals surface area contributed by atoms with E-state index in [9.17, 15) is 14.7 Å². The van der Waals surface area contributed by atoms with Crippen LogP contribution in [0.1, 0.15) is 12.8 Å². The van der Waals surface area contributed by atoms with Gasteiger partial charge in [0, 0.05) is 13.2 Å². The fraction of sp³-hybridized carbons (Fsp3) is 0.467. The summed E-state index contributed by atoms with van der Waals surface area (Å²) in [5.74, 6) is -1.27. The number of amides is 1. The summed E-state index contributed by atoms with van der Waals surface area (Å²) in [5.41, 5.74) is 0. The lowest BCUT2D eigenvalue weighted by Crippen LogP contribution is -2.48. The maximum atomic E-state index is 11.9. The van der Waals surface area contributed by atoms with E-state index in [1.54, 1.807) is 24.3 Å². The first-order chi connectivity index (χ1) is 10.6. The molecule has 1 atom stereocenters. The van der Waals surface area contributed by atoms with Crippen LogP contribution in [0.2, 0.25) is 5.02 Å². The Labute approximate surface area is 133 Å². The van der Waals surface area contributed by atoms with Crippen molar-refractivity contribution < 1.29 is 24.2 Å². The van der Waals surface area contributed by atoms with Gasteiger partial charge in [-0.05, 0) is 30.9 Å². The Balaban J connectivity index is 1.88. The molecule has 7 heteroatoms. The highest BCUT2D eigenvalue weighted by Crippen LogP contribution is 2.23. The number of carbonyl (C=O) groups excluding carboxylic acids is 1. The predicted octanol–water partition coefficient (Wildman–Crippen LogP) is 1.71. The topological polar surface area (TPSA) is 84.9 Å². The summed E-state index contributed by atoms with van der Waals surface area (Å²) in [4.78, 5) is 23.3. The van der Waals surface area contributed by atoms with Crippen molar-refractivity contribution in [1.29, 1.82) is 0 Å². The lowest BCUT2D eigenvalue weighted by atomic mass is 9.92. The van der Waals surface area contributed by atoms with Crippen LogP contribution in [0, 0.1) is 5.92 Å². The van der Waals surface area contributed by atoms with Gasteiger partial charge in [-0.2, -0.15) is 0 Å². The van der Waals surface area contributed by atoms with E-state index < -0.39 is 17.9 Å². The number of carbonyl (C=O) groups is 2. The number of hydrogen-bond acceptors (Lipinski definition) is 4. The van der Waals surface area contributed by atoms with Gasteiger partial charge in [0.05, 0.1) is 5.02 Å². The highest BCUT2D eigenvalue weighted by atomic mass is 35.5. The van der Waals surface area contributed by atoms with Crippen LogP contribution >= 0.6 is 11.6 Å². The zero-order valence-corrected chi connectivity index (χ0v) is 12.7. The van der Waals surface area contributed by atoms with E-state index in [1.165, 1.54) is 0 Å². The van der Waals surface area contributed by atoms with E-state index in [-0.39, 0.29) is 12.5 Å². The van der Waals surface area contributed by atoms with E-state index >= 15 is 0 Å². The van der Waals surface area contributed by atoms with Crippen LogP contribution in [0.15, 0.2) is 24.3 Å². The summed E-state index contributed by atoms with van der Waals surface area (Å²) in [6.45, 7) is 0.748. The summed E-state index contributed by atoms with van der Waals surface area (Å²) < 4.78 is 10.5. The molecule has 0 aliphatic carbocycles. The van der Waals surface area contributed by atoms with E-state index in [2.05, 4.69) is 5.32 Å². The number of benzene rings is 1. The maximum Gasteiger partial charge on any atom is 0.326 e. The van der Waals surface area contributed by atoms with Crippen molar-refractivity contribution in [3.8, 4) is 5.75 Å². The molecule has 6 nitrogen and oxygen atoms in total. The second kappa shape index (κ2) is 8.00. The van der Waals surface area contributed by atoms with Gasteiger partial charge in [-0.1, -0.05) is 23.7 Å². The Bertz CT molecular complexity index is 530. The molecule has 1 unspecified atom stereocenters. The van der Waals surface area contributed by atoms with E-state index in [0.29, 0.717) is 36.8 Å². The fourth-order valence-corrected chi connectivity index (χ4v) is 2.54. The number of aliphatic carboxylic acids is 1. The number of rotatable bonds is 6. The number of halogens is 1. The Morgan fingerprint density at radius 1 is 1.36 bits per heavy atom. The molecule has 1 saturated heterocycles. The van der Waals surface area contributed by atoms with Crippen LogP contribution < -0.4 is 10.1 Å². The van der Waals surface area contributed by atoms with Crippen molar-refractivity contribution in [2.75, 3.05) is 19.8 Å². The second-order valence-corrected chi connectivity index (χ2v) is 5.46. The van der Waals surface area contributed by atoms with Gasteiger partial charge in [0.2, 0.25) is 0 Å². The zero-order valence-electron chi connectivity index (χ0n) is 12.0. The van der Waals surface area contributed by atoms with Crippen molar-refractivity contribution in [3.05, 3.63) is 29.3 Å². The molecule has 0 aromatic heterocycles. The molecule has 1 aromatic carbocycles. The van der Waals surface area contributed by atoms with E-state index in [4.69, 9.17) is 21.1 Å². The Morgan fingerprint density at radius 2 is 2.05 bits per heavy atom. The van der Waals surface area contributed by atoms with Gasteiger partial charge >= 0.3 is 5.97 Å². The lowest BCUT2D eigenvalue weighted by molar-refractivity contribution is -0.144.